The van der Waals surface area contributed by atoms with Gasteiger partial charge in [0.05, 0.1) is 18.5 Å². The maximum atomic E-state index is 13.6. The molecule has 2 aromatic carbocycles. The van der Waals surface area contributed by atoms with Gasteiger partial charge in [-0.2, -0.15) is 10.5 Å². The van der Waals surface area contributed by atoms with E-state index in [1.165, 1.54) is 0 Å². The van der Waals surface area contributed by atoms with Gasteiger partial charge in [0, 0.05) is 29.3 Å². The summed E-state index contributed by atoms with van der Waals surface area (Å²) >= 11 is 0. The van der Waals surface area contributed by atoms with Crippen molar-refractivity contribution in [1.82, 2.24) is 30.0 Å². The van der Waals surface area contributed by atoms with Crippen LogP contribution in [0.3, 0.4) is 0 Å². The number of aromatic nitrogens is 6. The van der Waals surface area contributed by atoms with E-state index in [4.69, 9.17) is 0 Å². The molecule has 35 heavy (non-hydrogen) atoms. The van der Waals surface area contributed by atoms with Crippen molar-refractivity contribution in [1.29, 1.82) is 5.26 Å². The summed E-state index contributed by atoms with van der Waals surface area (Å²) in [6, 6.07) is 18.8. The molecule has 5 rings (SSSR count). The molecule has 0 spiro atoms. The molecule has 178 valence electrons. The van der Waals surface area contributed by atoms with Crippen LogP contribution in [0.1, 0.15) is 68.4 Å². The van der Waals surface area contributed by atoms with E-state index < -0.39 is 0 Å². The highest BCUT2D eigenvalue weighted by atomic mass is 16.1. The van der Waals surface area contributed by atoms with Gasteiger partial charge in [-0.25, -0.2) is 4.68 Å². The molecule has 2 unspecified atom stereocenters. The molecule has 2 atom stereocenters. The van der Waals surface area contributed by atoms with Crippen LogP contribution in [0.4, 0.5) is 0 Å². The number of benzene rings is 2. The standard InChI is InChI=1S/C27H29N7O/c1-3-6-25-24(27(35)34-21(15-16-28)14-9-18(2)33(25)34)17-19-10-12-20(13-11-19)22-7-4-5-8-23(22)26-29-31-32-30-26/h4-5,7-8,10-13,18,21H,3,6,9,14-15,17H2,1-2H3,(H,29,30,31,32). The van der Waals surface area contributed by atoms with E-state index >= 15 is 0 Å². The zero-order valence-electron chi connectivity index (χ0n) is 20.1. The molecular weight excluding hydrogens is 438 g/mol. The van der Waals surface area contributed by atoms with Crippen molar-refractivity contribution < 1.29 is 0 Å². The third-order valence-electron chi connectivity index (χ3n) is 6.98. The molecule has 3 heterocycles. The van der Waals surface area contributed by atoms with Gasteiger partial charge in [0.25, 0.3) is 5.56 Å². The number of fused-ring (bicyclic) bond motifs is 1. The third kappa shape index (κ3) is 4.18. The molecule has 2 aromatic heterocycles. The van der Waals surface area contributed by atoms with E-state index in [1.807, 2.05) is 28.9 Å². The topological polar surface area (TPSA) is 105 Å². The van der Waals surface area contributed by atoms with E-state index in [0.29, 0.717) is 18.7 Å². The number of tetrazole rings is 1. The first kappa shape index (κ1) is 22.8. The minimum Gasteiger partial charge on any atom is -0.283 e. The molecule has 1 N–H and O–H groups in total. The highest BCUT2D eigenvalue weighted by Crippen LogP contribution is 2.33. The Labute approximate surface area is 204 Å². The van der Waals surface area contributed by atoms with Gasteiger partial charge in [0.2, 0.25) is 5.82 Å². The molecule has 0 aliphatic carbocycles. The molecule has 0 saturated heterocycles. The van der Waals surface area contributed by atoms with Crippen molar-refractivity contribution in [3.63, 3.8) is 0 Å². The van der Waals surface area contributed by atoms with Crippen molar-refractivity contribution in [2.45, 2.75) is 64.5 Å². The second kappa shape index (κ2) is 9.71. The monoisotopic (exact) mass is 467 g/mol. The van der Waals surface area contributed by atoms with Gasteiger partial charge in [-0.3, -0.25) is 9.48 Å². The first-order valence-corrected chi connectivity index (χ1v) is 12.3. The highest BCUT2D eigenvalue weighted by Gasteiger charge is 2.30. The van der Waals surface area contributed by atoms with Gasteiger partial charge < -0.3 is 0 Å². The van der Waals surface area contributed by atoms with Crippen molar-refractivity contribution >= 4 is 0 Å². The van der Waals surface area contributed by atoms with Gasteiger partial charge in [0.1, 0.15) is 0 Å². The highest BCUT2D eigenvalue weighted by molar-refractivity contribution is 5.80. The molecule has 0 fully saturated rings. The Morgan fingerprint density at radius 1 is 1.09 bits per heavy atom. The lowest BCUT2D eigenvalue weighted by Crippen LogP contribution is -2.34. The first-order valence-electron chi connectivity index (χ1n) is 12.3. The minimum absolute atomic E-state index is 0.0444. The van der Waals surface area contributed by atoms with Crippen LogP contribution in [0, 0.1) is 11.3 Å². The molecule has 8 heteroatoms. The van der Waals surface area contributed by atoms with Crippen LogP contribution in [0.25, 0.3) is 22.5 Å². The largest absolute Gasteiger partial charge is 0.283 e. The van der Waals surface area contributed by atoms with Gasteiger partial charge in [-0.1, -0.05) is 61.9 Å². The zero-order chi connectivity index (χ0) is 24.4. The minimum atomic E-state index is -0.0444. The third-order valence-corrected chi connectivity index (χ3v) is 6.98. The number of rotatable bonds is 7. The van der Waals surface area contributed by atoms with Crippen molar-refractivity contribution in [2.75, 3.05) is 0 Å². The van der Waals surface area contributed by atoms with E-state index in [9.17, 15) is 10.1 Å². The molecule has 0 amide bonds. The van der Waals surface area contributed by atoms with E-state index in [2.05, 4.69) is 69.5 Å². The van der Waals surface area contributed by atoms with Gasteiger partial charge in [-0.15, -0.1) is 10.2 Å². The molecule has 1 aliphatic rings. The number of aromatic amines is 1. The van der Waals surface area contributed by atoms with Crippen LogP contribution in [0.2, 0.25) is 0 Å². The van der Waals surface area contributed by atoms with Gasteiger partial charge in [-0.05, 0) is 48.1 Å². The summed E-state index contributed by atoms with van der Waals surface area (Å²) < 4.78 is 4.08. The quantitative estimate of drug-likeness (QED) is 0.418. The number of nitrogens with zero attached hydrogens (tertiary/aromatic N) is 6. The summed E-state index contributed by atoms with van der Waals surface area (Å²) in [6.45, 7) is 4.33. The molecule has 0 saturated carbocycles. The SMILES string of the molecule is CCCc1c(Cc2ccc(-c3ccccc3-c3nn[nH]n3)cc2)c(=O)n2n1C(C)CCC2CC#N. The number of nitriles is 1. The van der Waals surface area contributed by atoms with Crippen molar-refractivity contribution in [3.8, 4) is 28.6 Å². The summed E-state index contributed by atoms with van der Waals surface area (Å²) in [5.41, 5.74) is 6.14. The fraction of sp³-hybridized carbons (Fsp3) is 0.370. The van der Waals surface area contributed by atoms with Gasteiger partial charge in [0.15, 0.2) is 0 Å². The molecule has 1 aliphatic heterocycles. The number of H-pyrrole nitrogens is 1. The average molecular weight is 468 g/mol. The van der Waals surface area contributed by atoms with Crippen LogP contribution in [-0.4, -0.2) is 30.0 Å². The van der Waals surface area contributed by atoms with Crippen LogP contribution >= 0.6 is 0 Å². The van der Waals surface area contributed by atoms with Gasteiger partial charge >= 0.3 is 0 Å². The van der Waals surface area contributed by atoms with Crippen LogP contribution < -0.4 is 5.56 Å². The fourth-order valence-electron chi connectivity index (χ4n) is 5.31. The molecule has 0 radical (unpaired) electrons. The molecular formula is C27H29N7O. The Bertz CT molecular complexity index is 1410. The number of hydrogen-bond acceptors (Lipinski definition) is 5. The molecule has 0 bridgehead atoms. The summed E-state index contributed by atoms with van der Waals surface area (Å²) in [5.74, 6) is 0.558. The second-order valence-electron chi connectivity index (χ2n) is 9.27. The second-order valence-corrected chi connectivity index (χ2v) is 9.27. The van der Waals surface area contributed by atoms with Crippen LogP contribution in [-0.2, 0) is 12.8 Å². The lowest BCUT2D eigenvalue weighted by molar-refractivity contribution is 0.230. The summed E-state index contributed by atoms with van der Waals surface area (Å²) in [7, 11) is 0. The Morgan fingerprint density at radius 3 is 2.54 bits per heavy atom. The Kier molecular flexibility index (Phi) is 6.32. The smallest absolute Gasteiger partial charge is 0.270 e. The van der Waals surface area contributed by atoms with Crippen molar-refractivity contribution in [3.05, 3.63) is 75.7 Å². The zero-order valence-corrected chi connectivity index (χ0v) is 20.1. The predicted octanol–water partition coefficient (Wildman–Crippen LogP) is 4.85. The van der Waals surface area contributed by atoms with E-state index in [1.54, 1.807) is 0 Å². The van der Waals surface area contributed by atoms with E-state index in [0.717, 1.165) is 59.2 Å². The maximum Gasteiger partial charge on any atom is 0.270 e. The summed E-state index contributed by atoms with van der Waals surface area (Å²) in [4.78, 5) is 13.6. The lowest BCUT2D eigenvalue weighted by Gasteiger charge is -2.31. The van der Waals surface area contributed by atoms with Crippen LogP contribution in [0.15, 0.2) is 53.3 Å². The molecule has 8 nitrogen and oxygen atoms in total. The number of hydrogen-bond donors (Lipinski definition) is 1. The lowest BCUT2D eigenvalue weighted by atomic mass is 9.96. The van der Waals surface area contributed by atoms with E-state index in [-0.39, 0.29) is 17.6 Å². The Hall–Kier alpha value is -3.99. The predicted molar refractivity (Wildman–Crippen MR) is 134 cm³/mol. The Morgan fingerprint density at radius 2 is 1.86 bits per heavy atom. The summed E-state index contributed by atoms with van der Waals surface area (Å²) in [6.07, 6.45) is 4.65. The summed E-state index contributed by atoms with van der Waals surface area (Å²) in [5, 5.41) is 23.8. The fourth-order valence-corrected chi connectivity index (χ4v) is 5.31. The first-order chi connectivity index (χ1) is 17.1. The van der Waals surface area contributed by atoms with Crippen LogP contribution in [0.5, 0.6) is 0 Å². The molecule has 4 aromatic rings. The van der Waals surface area contributed by atoms with Crippen molar-refractivity contribution in [2.24, 2.45) is 0 Å². The average Bonchev–Trinajstić information content (AvgIpc) is 3.51. The Balaban J connectivity index is 1.50. The normalized spacial score (nSPS) is 17.2. The number of nitrogens with one attached hydrogen (secondary N) is 1. The maximum absolute atomic E-state index is 13.6.